The fraction of sp³-hybridized carbons (Fsp3) is 0.851. The van der Waals surface area contributed by atoms with E-state index in [0.29, 0.717) is 25.8 Å². The van der Waals surface area contributed by atoms with Gasteiger partial charge in [-0.05, 0) is 32.1 Å². The van der Waals surface area contributed by atoms with Crippen molar-refractivity contribution in [3.63, 3.8) is 0 Å². The zero-order valence-electron chi connectivity index (χ0n) is 41.5. The number of carbonyl (C=O) groups is 7. The van der Waals surface area contributed by atoms with Gasteiger partial charge in [0, 0.05) is 39.0 Å². The molecule has 22 heteroatoms. The number of hydrogen-bond donors (Lipinski definition) is 9. The van der Waals surface area contributed by atoms with Crippen LogP contribution in [0.15, 0.2) is 0 Å². The van der Waals surface area contributed by atoms with E-state index in [1.54, 1.807) is 5.48 Å². The number of carboxylic acids is 2. The number of nitrogens with one attached hydrogen (secondary N) is 6. The third-order valence-corrected chi connectivity index (χ3v) is 10.5. The second-order valence-electron chi connectivity index (χ2n) is 16.6. The van der Waals surface area contributed by atoms with Gasteiger partial charge in [0.2, 0.25) is 29.5 Å². The molecule has 0 fully saturated rings. The minimum Gasteiger partial charge on any atom is -0.480 e. The van der Waals surface area contributed by atoms with Crippen molar-refractivity contribution in [3.05, 3.63) is 0 Å². The maximum absolute atomic E-state index is 12.3. The third-order valence-electron chi connectivity index (χ3n) is 10.5. The molecule has 2 atom stereocenters. The Morgan fingerprint density at radius 1 is 0.377 bits per heavy atom. The fourth-order valence-electron chi connectivity index (χ4n) is 6.58. The molecule has 0 aromatic rings. The van der Waals surface area contributed by atoms with Crippen molar-refractivity contribution < 1.29 is 77.4 Å². The predicted octanol–water partition coefficient (Wildman–Crippen LogP) is 2.76. The van der Waals surface area contributed by atoms with Crippen molar-refractivity contribution in [1.82, 2.24) is 32.1 Å². The molecule has 0 spiro atoms. The highest BCUT2D eigenvalue weighted by Crippen LogP contribution is 2.14. The topological polar surface area (TPSA) is 308 Å². The van der Waals surface area contributed by atoms with Gasteiger partial charge in [0.15, 0.2) is 0 Å². The van der Waals surface area contributed by atoms with Crippen LogP contribution >= 0.6 is 0 Å². The molecule has 5 amide bonds. The molecule has 0 rings (SSSR count). The molecule has 69 heavy (non-hydrogen) atoms. The normalized spacial score (nSPS) is 12.0. The van der Waals surface area contributed by atoms with Gasteiger partial charge in [0.1, 0.15) is 31.9 Å². The molecular weight excluding hydrogens is 905 g/mol. The summed E-state index contributed by atoms with van der Waals surface area (Å²) in [6.45, 7) is 4.62. The Bertz CT molecular complexity index is 1330. The van der Waals surface area contributed by atoms with Crippen molar-refractivity contribution in [2.45, 2.75) is 154 Å². The zero-order valence-corrected chi connectivity index (χ0v) is 41.5. The molecule has 9 N–H and O–H groups in total. The van der Waals surface area contributed by atoms with E-state index in [1.807, 2.05) is 0 Å². The molecule has 402 valence electrons. The summed E-state index contributed by atoms with van der Waals surface area (Å²) in [5.41, 5.74) is 1.72. The number of hydrogen-bond acceptors (Lipinski definition) is 15. The van der Waals surface area contributed by atoms with Crippen LogP contribution in [0, 0.1) is 0 Å². The van der Waals surface area contributed by atoms with E-state index in [9.17, 15) is 38.7 Å². The van der Waals surface area contributed by atoms with Gasteiger partial charge in [-0.1, -0.05) is 96.8 Å². The molecule has 22 nitrogen and oxygen atoms in total. The highest BCUT2D eigenvalue weighted by atomic mass is 16.5. The molecule has 0 radical (unpaired) electrons. The standard InChI is InChI=1S/C47H88N6O16/c1-2-3-4-5-6-7-8-9-10-11-12-13-14-15-16-20-42(55)52-39(46(59)60)21-22-41(54)49-24-27-64-30-34-68-37-44(57)51-26-29-66-32-35-69-38-45(58)50-25-28-65-31-33-67-36-43(56)48-23-18-17-19-40(53-63)47(61)62/h39-40,53,63H,2-38H2,1H3,(H,48,56)(H,49,54)(H,50,58)(H,51,57)(H,52,55)(H,59,60)(H,61,62)/t39-,40?/m0/s1. The lowest BCUT2D eigenvalue weighted by Crippen LogP contribution is -2.41. The number of hydroxylamine groups is 1. The Labute approximate surface area is 409 Å². The van der Waals surface area contributed by atoms with Gasteiger partial charge in [0.05, 0.1) is 59.5 Å². The third kappa shape index (κ3) is 46.1. The van der Waals surface area contributed by atoms with Gasteiger partial charge < -0.3 is 70.4 Å². The van der Waals surface area contributed by atoms with E-state index in [0.717, 1.165) is 19.3 Å². The second kappa shape index (κ2) is 49.0. The van der Waals surface area contributed by atoms with Crippen LogP contribution in [0.3, 0.4) is 0 Å². The van der Waals surface area contributed by atoms with Crippen molar-refractivity contribution in [2.75, 3.05) is 105 Å². The smallest absolute Gasteiger partial charge is 0.326 e. The number of amides is 5. The molecule has 0 saturated heterocycles. The summed E-state index contributed by atoms with van der Waals surface area (Å²) in [4.78, 5) is 82.6. The Morgan fingerprint density at radius 2 is 0.754 bits per heavy atom. The molecular formula is C47H88N6O16. The summed E-state index contributed by atoms with van der Waals surface area (Å²) in [6, 6.07) is -2.17. The highest BCUT2D eigenvalue weighted by Gasteiger charge is 2.21. The number of carboxylic acid groups (broad SMARTS) is 2. The second-order valence-corrected chi connectivity index (χ2v) is 16.6. The molecule has 0 aliphatic rings. The van der Waals surface area contributed by atoms with Gasteiger partial charge in [-0.15, -0.1) is 0 Å². The van der Waals surface area contributed by atoms with Crippen LogP contribution < -0.4 is 32.1 Å². The van der Waals surface area contributed by atoms with Gasteiger partial charge in [-0.3, -0.25) is 28.8 Å². The van der Waals surface area contributed by atoms with Crippen LogP contribution in [-0.4, -0.2) is 174 Å². The molecule has 0 aromatic heterocycles. The summed E-state index contributed by atoms with van der Waals surface area (Å²) < 4.78 is 31.9. The van der Waals surface area contributed by atoms with Crippen LogP contribution in [0.1, 0.15) is 142 Å². The first-order valence-corrected chi connectivity index (χ1v) is 25.2. The Kier molecular flexibility index (Phi) is 46.1. The van der Waals surface area contributed by atoms with Crippen molar-refractivity contribution in [1.29, 1.82) is 0 Å². The monoisotopic (exact) mass is 993 g/mol. The van der Waals surface area contributed by atoms with Crippen molar-refractivity contribution >= 4 is 41.5 Å². The summed E-state index contributed by atoms with van der Waals surface area (Å²) in [5.74, 6) is -3.97. The van der Waals surface area contributed by atoms with Gasteiger partial charge >= 0.3 is 11.9 Å². The Hall–Kier alpha value is -4.03. The van der Waals surface area contributed by atoms with Gasteiger partial charge in [-0.25, -0.2) is 4.79 Å². The molecule has 0 heterocycles. The van der Waals surface area contributed by atoms with Crippen LogP contribution in [-0.2, 0) is 62.0 Å². The molecule has 0 saturated carbocycles. The largest absolute Gasteiger partial charge is 0.480 e. The summed E-state index contributed by atoms with van der Waals surface area (Å²) in [5, 5.41) is 40.3. The van der Waals surface area contributed by atoms with E-state index in [4.69, 9.17) is 38.7 Å². The SMILES string of the molecule is CCCCCCCCCCCCCCCCCC(=O)N[C@@H](CCC(=O)NCCOCCOCC(=O)NCCOCCOCC(=O)NCCOCCOCC(=O)NCCCCC(NO)C(=O)O)C(=O)O. The Morgan fingerprint density at radius 3 is 1.16 bits per heavy atom. The maximum atomic E-state index is 12.3. The number of rotatable bonds is 52. The van der Waals surface area contributed by atoms with Crippen LogP contribution in [0.4, 0.5) is 0 Å². The van der Waals surface area contributed by atoms with E-state index < -0.39 is 24.0 Å². The number of aliphatic carboxylic acids is 2. The molecule has 0 aliphatic heterocycles. The zero-order chi connectivity index (χ0) is 50.8. The summed E-state index contributed by atoms with van der Waals surface area (Å²) >= 11 is 0. The number of unbranched alkanes of at least 4 members (excludes halogenated alkanes) is 15. The first kappa shape index (κ1) is 65.0. The van der Waals surface area contributed by atoms with Crippen LogP contribution in [0.5, 0.6) is 0 Å². The molecule has 0 bridgehead atoms. The molecule has 0 aromatic carbocycles. The maximum Gasteiger partial charge on any atom is 0.326 e. The van der Waals surface area contributed by atoms with Crippen LogP contribution in [0.25, 0.3) is 0 Å². The predicted molar refractivity (Wildman–Crippen MR) is 255 cm³/mol. The minimum atomic E-state index is -1.18. The molecule has 1 unspecified atom stereocenters. The van der Waals surface area contributed by atoms with Crippen molar-refractivity contribution in [3.8, 4) is 0 Å². The van der Waals surface area contributed by atoms with Gasteiger partial charge in [0.25, 0.3) is 0 Å². The molecule has 0 aliphatic carbocycles. The van der Waals surface area contributed by atoms with Crippen molar-refractivity contribution in [2.24, 2.45) is 0 Å². The van der Waals surface area contributed by atoms with E-state index in [2.05, 4.69) is 33.5 Å². The van der Waals surface area contributed by atoms with E-state index in [-0.39, 0.29) is 154 Å². The summed E-state index contributed by atoms with van der Waals surface area (Å²) in [7, 11) is 0. The first-order valence-electron chi connectivity index (χ1n) is 25.2. The lowest BCUT2D eigenvalue weighted by molar-refractivity contribution is -0.143. The highest BCUT2D eigenvalue weighted by molar-refractivity contribution is 5.84. The lowest BCUT2D eigenvalue weighted by Gasteiger charge is -2.14. The fourth-order valence-corrected chi connectivity index (χ4v) is 6.58. The summed E-state index contributed by atoms with van der Waals surface area (Å²) in [6.07, 6.45) is 19.9. The number of carbonyl (C=O) groups excluding carboxylic acids is 5. The minimum absolute atomic E-state index is 0.0203. The Balaban J connectivity index is 3.61. The van der Waals surface area contributed by atoms with Crippen LogP contribution in [0.2, 0.25) is 0 Å². The van der Waals surface area contributed by atoms with E-state index >= 15 is 0 Å². The van der Waals surface area contributed by atoms with E-state index in [1.165, 1.54) is 70.6 Å². The first-order chi connectivity index (χ1) is 33.5. The average Bonchev–Trinajstić information content (AvgIpc) is 3.32. The average molecular weight is 993 g/mol. The van der Waals surface area contributed by atoms with Gasteiger partial charge in [-0.2, -0.15) is 5.48 Å². The number of ether oxygens (including phenoxy) is 6. The lowest BCUT2D eigenvalue weighted by atomic mass is 10.0. The quantitative estimate of drug-likeness (QED) is 0.0313.